The molecule has 0 spiro atoms. The van der Waals surface area contributed by atoms with Crippen molar-refractivity contribution in [2.75, 3.05) is 18.5 Å². The van der Waals surface area contributed by atoms with Gasteiger partial charge in [0, 0.05) is 13.1 Å². The molecule has 0 aliphatic carbocycles. The molecule has 0 fully saturated rings. The highest BCUT2D eigenvalue weighted by Crippen LogP contribution is 2.23. The van der Waals surface area contributed by atoms with Gasteiger partial charge in [0.2, 0.25) is 5.91 Å². The molecule has 1 N–H and O–H groups in total. The number of carbonyl (C=O) groups excluding carboxylic acids is 1. The Hall–Kier alpha value is -2.16. The Bertz CT molecular complexity index is 500. The zero-order valence-electron chi connectivity index (χ0n) is 11.0. The van der Waals surface area contributed by atoms with Crippen molar-refractivity contribution in [3.8, 4) is 6.07 Å². The Morgan fingerprint density at radius 2 is 1.95 bits per heavy atom. The maximum absolute atomic E-state index is 13.7. The van der Waals surface area contributed by atoms with Crippen molar-refractivity contribution in [3.05, 3.63) is 29.3 Å². The molecule has 0 heterocycles. The fraction of sp³-hybridized carbons (Fsp3) is 0.385. The van der Waals surface area contributed by atoms with Crippen LogP contribution in [0.15, 0.2) is 12.1 Å². The van der Waals surface area contributed by atoms with Crippen LogP contribution in [-0.2, 0) is 4.79 Å². The van der Waals surface area contributed by atoms with Crippen LogP contribution in [0.5, 0.6) is 0 Å². The van der Waals surface area contributed by atoms with Gasteiger partial charge in [-0.25, -0.2) is 8.78 Å². The molecule has 6 heteroatoms. The van der Waals surface area contributed by atoms with Gasteiger partial charge in [-0.2, -0.15) is 5.26 Å². The molecule has 0 saturated carbocycles. The summed E-state index contributed by atoms with van der Waals surface area (Å²) >= 11 is 0. The minimum absolute atomic E-state index is 0.0449. The molecule has 1 amide bonds. The first-order chi connectivity index (χ1) is 8.85. The normalized spacial score (nSPS) is 10.2. The van der Waals surface area contributed by atoms with Crippen LogP contribution in [0.4, 0.5) is 14.5 Å². The fourth-order valence-corrected chi connectivity index (χ4v) is 1.66. The number of carbonyl (C=O) groups is 1. The summed E-state index contributed by atoms with van der Waals surface area (Å²) in [7, 11) is 1.41. The monoisotopic (exact) mass is 267 g/mol. The molecule has 102 valence electrons. The molecule has 19 heavy (non-hydrogen) atoms. The number of likely N-dealkylation sites (N-methyl/N-ethyl adjacent to an activating group) is 1. The molecule has 1 aromatic rings. The number of nitrogens with zero attached hydrogens (tertiary/aromatic N) is 2. The number of nitriles is 1. The Morgan fingerprint density at radius 3 is 2.37 bits per heavy atom. The van der Waals surface area contributed by atoms with Gasteiger partial charge in [-0.15, -0.1) is 0 Å². The van der Waals surface area contributed by atoms with Crippen molar-refractivity contribution in [1.82, 2.24) is 5.32 Å². The second-order valence-electron chi connectivity index (χ2n) is 4.48. The summed E-state index contributed by atoms with van der Waals surface area (Å²) in [6.07, 6.45) is 0. The molecular weight excluding hydrogens is 252 g/mol. The number of hydrogen-bond donors (Lipinski definition) is 1. The number of nitrogens with one attached hydrogen (secondary N) is 1. The topological polar surface area (TPSA) is 56.1 Å². The third-order valence-corrected chi connectivity index (χ3v) is 2.36. The molecule has 0 atom stereocenters. The van der Waals surface area contributed by atoms with Crippen LogP contribution in [-0.4, -0.2) is 25.5 Å². The van der Waals surface area contributed by atoms with E-state index in [1.165, 1.54) is 11.9 Å². The average molecular weight is 267 g/mol. The van der Waals surface area contributed by atoms with Crippen molar-refractivity contribution in [2.45, 2.75) is 19.9 Å². The lowest BCUT2D eigenvalue weighted by Crippen LogP contribution is -2.39. The highest BCUT2D eigenvalue weighted by molar-refractivity contribution is 5.81. The van der Waals surface area contributed by atoms with Crippen LogP contribution < -0.4 is 10.2 Å². The van der Waals surface area contributed by atoms with Gasteiger partial charge in [0.25, 0.3) is 0 Å². The van der Waals surface area contributed by atoms with Crippen molar-refractivity contribution >= 4 is 11.6 Å². The van der Waals surface area contributed by atoms with Gasteiger partial charge < -0.3 is 10.2 Å². The highest BCUT2D eigenvalue weighted by Gasteiger charge is 2.17. The van der Waals surface area contributed by atoms with Crippen LogP contribution >= 0.6 is 0 Å². The fourth-order valence-electron chi connectivity index (χ4n) is 1.66. The van der Waals surface area contributed by atoms with E-state index in [9.17, 15) is 13.6 Å². The summed E-state index contributed by atoms with van der Waals surface area (Å²) < 4.78 is 27.4. The lowest BCUT2D eigenvalue weighted by Gasteiger charge is -2.20. The van der Waals surface area contributed by atoms with Gasteiger partial charge >= 0.3 is 0 Å². The zero-order valence-corrected chi connectivity index (χ0v) is 11.0. The summed E-state index contributed by atoms with van der Waals surface area (Å²) in [5, 5.41) is 11.2. The van der Waals surface area contributed by atoms with E-state index < -0.39 is 11.6 Å². The molecule has 0 radical (unpaired) electrons. The SMILES string of the molecule is CC(C)NC(=O)CN(C)c1c(F)cc(C#N)cc1F. The molecule has 1 aromatic carbocycles. The van der Waals surface area contributed by atoms with E-state index in [1.54, 1.807) is 19.9 Å². The summed E-state index contributed by atoms with van der Waals surface area (Å²) in [4.78, 5) is 12.7. The van der Waals surface area contributed by atoms with Gasteiger partial charge in [-0.3, -0.25) is 4.79 Å². The first kappa shape index (κ1) is 14.9. The van der Waals surface area contributed by atoms with E-state index in [0.29, 0.717) is 0 Å². The van der Waals surface area contributed by atoms with Gasteiger partial charge in [0.1, 0.15) is 5.69 Å². The Morgan fingerprint density at radius 1 is 1.42 bits per heavy atom. The predicted octanol–water partition coefficient (Wildman–Crippen LogP) is 1.80. The quantitative estimate of drug-likeness (QED) is 0.905. The highest BCUT2D eigenvalue weighted by atomic mass is 19.1. The molecular formula is C13H15F2N3O. The summed E-state index contributed by atoms with van der Waals surface area (Å²) in [5.74, 6) is -2.06. The Labute approximate surface area is 110 Å². The maximum atomic E-state index is 13.7. The first-order valence-electron chi connectivity index (χ1n) is 5.74. The van der Waals surface area contributed by atoms with Crippen LogP contribution in [0, 0.1) is 23.0 Å². The maximum Gasteiger partial charge on any atom is 0.239 e. The molecule has 0 saturated heterocycles. The van der Waals surface area contributed by atoms with Crippen LogP contribution in [0.1, 0.15) is 19.4 Å². The van der Waals surface area contributed by atoms with Crippen LogP contribution in [0.2, 0.25) is 0 Å². The first-order valence-corrected chi connectivity index (χ1v) is 5.74. The van der Waals surface area contributed by atoms with E-state index in [-0.39, 0.29) is 29.7 Å². The number of anilines is 1. The summed E-state index contributed by atoms with van der Waals surface area (Å²) in [5.41, 5.74) is -0.420. The third kappa shape index (κ3) is 3.91. The minimum Gasteiger partial charge on any atom is -0.361 e. The number of halogens is 2. The molecule has 1 rings (SSSR count). The minimum atomic E-state index is -0.864. The second-order valence-corrected chi connectivity index (χ2v) is 4.48. The second kappa shape index (κ2) is 6.14. The van der Waals surface area contributed by atoms with E-state index >= 15 is 0 Å². The van der Waals surface area contributed by atoms with Crippen molar-refractivity contribution < 1.29 is 13.6 Å². The largest absolute Gasteiger partial charge is 0.361 e. The smallest absolute Gasteiger partial charge is 0.239 e. The number of benzene rings is 1. The van der Waals surface area contributed by atoms with Crippen molar-refractivity contribution in [3.63, 3.8) is 0 Å². The predicted molar refractivity (Wildman–Crippen MR) is 67.6 cm³/mol. The number of rotatable bonds is 4. The van der Waals surface area contributed by atoms with Crippen molar-refractivity contribution in [2.24, 2.45) is 0 Å². The van der Waals surface area contributed by atoms with E-state index in [2.05, 4.69) is 5.32 Å². The summed E-state index contributed by atoms with van der Waals surface area (Å²) in [6, 6.07) is 3.50. The van der Waals surface area contributed by atoms with E-state index in [0.717, 1.165) is 12.1 Å². The number of hydrogen-bond acceptors (Lipinski definition) is 3. The third-order valence-electron chi connectivity index (χ3n) is 2.36. The lowest BCUT2D eigenvalue weighted by molar-refractivity contribution is -0.120. The van der Waals surface area contributed by atoms with Crippen molar-refractivity contribution in [1.29, 1.82) is 5.26 Å². The number of amides is 1. The van der Waals surface area contributed by atoms with Gasteiger partial charge in [-0.1, -0.05) is 0 Å². The Balaban J connectivity index is 2.92. The standard InChI is InChI=1S/C13H15F2N3O/c1-8(2)17-12(19)7-18(3)13-10(14)4-9(6-16)5-11(13)15/h4-5,8H,7H2,1-3H3,(H,17,19). The molecule has 0 aromatic heterocycles. The molecule has 0 unspecified atom stereocenters. The average Bonchev–Trinajstić information content (AvgIpc) is 2.26. The molecule has 4 nitrogen and oxygen atoms in total. The van der Waals surface area contributed by atoms with Gasteiger partial charge in [0.15, 0.2) is 11.6 Å². The van der Waals surface area contributed by atoms with E-state index in [1.807, 2.05) is 0 Å². The molecule has 0 bridgehead atoms. The van der Waals surface area contributed by atoms with Crippen LogP contribution in [0.25, 0.3) is 0 Å². The summed E-state index contributed by atoms with van der Waals surface area (Å²) in [6.45, 7) is 3.42. The molecule has 0 aliphatic rings. The van der Waals surface area contributed by atoms with E-state index in [4.69, 9.17) is 5.26 Å². The molecule has 0 aliphatic heterocycles. The van der Waals surface area contributed by atoms with Crippen LogP contribution in [0.3, 0.4) is 0 Å². The van der Waals surface area contributed by atoms with Gasteiger partial charge in [0.05, 0.1) is 18.2 Å². The zero-order chi connectivity index (χ0) is 14.6. The Kier molecular flexibility index (Phi) is 4.81. The lowest BCUT2D eigenvalue weighted by atomic mass is 10.2. The van der Waals surface area contributed by atoms with Gasteiger partial charge in [-0.05, 0) is 26.0 Å².